The number of hydrogen-bond donors (Lipinski definition) is 1. The molecule has 0 radical (unpaired) electrons. The molecule has 1 rings (SSSR count). The Balaban J connectivity index is 0.000000791. The Labute approximate surface area is 83.4 Å². The molecular formula is C10H13N3O. The van der Waals surface area contributed by atoms with Crippen LogP contribution in [-0.2, 0) is 0 Å². The van der Waals surface area contributed by atoms with Crippen molar-refractivity contribution >= 4 is 5.91 Å². The zero-order chi connectivity index (χ0) is 11.1. The maximum atomic E-state index is 10.8. The molecule has 0 aliphatic carbocycles. The third-order valence-corrected chi connectivity index (χ3v) is 1.58. The lowest BCUT2D eigenvalue weighted by Crippen LogP contribution is -2.13. The number of rotatable bonds is 1. The standard InChI is InChI=1S/C8H7N3O.C2H6/c1-5-6(8(10)12)2-3-11-7(5)4-9;1-2/h2-3H,1H3,(H2,10,12);1-2H3. The minimum Gasteiger partial charge on any atom is -0.366 e. The van der Waals surface area contributed by atoms with E-state index in [-0.39, 0.29) is 5.69 Å². The highest BCUT2D eigenvalue weighted by molar-refractivity contribution is 5.94. The molecule has 0 fully saturated rings. The lowest BCUT2D eigenvalue weighted by molar-refractivity contribution is 0.0999. The largest absolute Gasteiger partial charge is 0.366 e. The van der Waals surface area contributed by atoms with Crippen LogP contribution < -0.4 is 5.73 Å². The topological polar surface area (TPSA) is 79.8 Å². The van der Waals surface area contributed by atoms with Gasteiger partial charge in [-0.15, -0.1) is 0 Å². The van der Waals surface area contributed by atoms with Crippen molar-refractivity contribution in [2.75, 3.05) is 0 Å². The first-order valence-electron chi connectivity index (χ1n) is 4.32. The quantitative estimate of drug-likeness (QED) is 0.728. The second-order valence-corrected chi connectivity index (χ2v) is 2.31. The van der Waals surface area contributed by atoms with Gasteiger partial charge in [0.15, 0.2) is 0 Å². The van der Waals surface area contributed by atoms with E-state index in [4.69, 9.17) is 11.0 Å². The summed E-state index contributed by atoms with van der Waals surface area (Å²) < 4.78 is 0. The molecule has 14 heavy (non-hydrogen) atoms. The van der Waals surface area contributed by atoms with Gasteiger partial charge < -0.3 is 5.73 Å². The summed E-state index contributed by atoms with van der Waals surface area (Å²) in [6, 6.07) is 3.37. The van der Waals surface area contributed by atoms with E-state index in [9.17, 15) is 4.79 Å². The van der Waals surface area contributed by atoms with E-state index in [1.165, 1.54) is 12.3 Å². The molecule has 0 aromatic carbocycles. The van der Waals surface area contributed by atoms with Crippen molar-refractivity contribution in [2.45, 2.75) is 20.8 Å². The highest BCUT2D eigenvalue weighted by atomic mass is 16.1. The predicted molar refractivity (Wildman–Crippen MR) is 53.6 cm³/mol. The van der Waals surface area contributed by atoms with Crippen LogP contribution in [0.2, 0.25) is 0 Å². The van der Waals surface area contributed by atoms with Gasteiger partial charge in [0.25, 0.3) is 0 Å². The maximum Gasteiger partial charge on any atom is 0.249 e. The van der Waals surface area contributed by atoms with Crippen molar-refractivity contribution in [2.24, 2.45) is 5.73 Å². The minimum atomic E-state index is -0.536. The van der Waals surface area contributed by atoms with E-state index in [0.717, 1.165) is 0 Å². The highest BCUT2D eigenvalue weighted by Crippen LogP contribution is 2.08. The molecule has 0 spiro atoms. The van der Waals surface area contributed by atoms with E-state index < -0.39 is 5.91 Å². The molecule has 0 saturated heterocycles. The van der Waals surface area contributed by atoms with Gasteiger partial charge in [0.05, 0.1) is 0 Å². The molecule has 0 bridgehead atoms. The van der Waals surface area contributed by atoms with E-state index in [1.54, 1.807) is 6.92 Å². The molecule has 74 valence electrons. The SMILES string of the molecule is CC.Cc1c(C(N)=O)ccnc1C#N. The monoisotopic (exact) mass is 191 g/mol. The summed E-state index contributed by atoms with van der Waals surface area (Å²) in [7, 11) is 0. The molecule has 0 atom stereocenters. The van der Waals surface area contributed by atoms with Gasteiger partial charge in [-0.05, 0) is 18.6 Å². The molecule has 0 unspecified atom stereocenters. The number of nitrogens with zero attached hydrogens (tertiary/aromatic N) is 2. The van der Waals surface area contributed by atoms with Crippen LogP contribution in [0.1, 0.15) is 35.5 Å². The molecule has 0 aliphatic rings. The minimum absolute atomic E-state index is 0.242. The van der Waals surface area contributed by atoms with E-state index >= 15 is 0 Å². The predicted octanol–water partition coefficient (Wildman–Crippen LogP) is 1.39. The molecule has 0 saturated carbocycles. The Bertz CT molecular complexity index is 366. The third kappa shape index (κ3) is 2.56. The van der Waals surface area contributed by atoms with E-state index in [2.05, 4.69) is 4.98 Å². The van der Waals surface area contributed by atoms with Gasteiger partial charge in [-0.25, -0.2) is 4.98 Å². The summed E-state index contributed by atoms with van der Waals surface area (Å²) in [5.74, 6) is -0.536. The number of primary amides is 1. The molecule has 4 nitrogen and oxygen atoms in total. The summed E-state index contributed by atoms with van der Waals surface area (Å²) in [4.78, 5) is 14.5. The first-order chi connectivity index (χ1) is 6.66. The van der Waals surface area contributed by atoms with Crippen molar-refractivity contribution in [3.05, 3.63) is 29.1 Å². The molecule has 1 aromatic rings. The number of aromatic nitrogens is 1. The van der Waals surface area contributed by atoms with Crippen molar-refractivity contribution < 1.29 is 4.79 Å². The molecule has 1 aromatic heterocycles. The number of carbonyl (C=O) groups excluding carboxylic acids is 1. The second-order valence-electron chi connectivity index (χ2n) is 2.31. The average molecular weight is 191 g/mol. The fourth-order valence-electron chi connectivity index (χ4n) is 0.915. The summed E-state index contributed by atoms with van der Waals surface area (Å²) in [6.07, 6.45) is 1.39. The van der Waals surface area contributed by atoms with Gasteiger partial charge in [0, 0.05) is 11.8 Å². The van der Waals surface area contributed by atoms with Crippen LogP contribution in [0, 0.1) is 18.3 Å². The van der Waals surface area contributed by atoms with Gasteiger partial charge in [0.1, 0.15) is 11.8 Å². The fraction of sp³-hybridized carbons (Fsp3) is 0.300. The number of carbonyl (C=O) groups is 1. The van der Waals surface area contributed by atoms with Crippen molar-refractivity contribution in [3.63, 3.8) is 0 Å². The number of pyridine rings is 1. The van der Waals surface area contributed by atoms with Gasteiger partial charge in [-0.3, -0.25) is 4.79 Å². The maximum absolute atomic E-state index is 10.8. The van der Waals surface area contributed by atoms with Crippen molar-refractivity contribution in [1.29, 1.82) is 5.26 Å². The lowest BCUT2D eigenvalue weighted by Gasteiger charge is -2.00. The number of hydrogen-bond acceptors (Lipinski definition) is 3. The Morgan fingerprint density at radius 1 is 1.57 bits per heavy atom. The molecule has 0 aliphatic heterocycles. The van der Waals surface area contributed by atoms with Crippen LogP contribution in [0.4, 0.5) is 0 Å². The summed E-state index contributed by atoms with van der Waals surface area (Å²) in [6.45, 7) is 5.64. The van der Waals surface area contributed by atoms with E-state index in [0.29, 0.717) is 11.1 Å². The fourth-order valence-corrected chi connectivity index (χ4v) is 0.915. The van der Waals surface area contributed by atoms with E-state index in [1.807, 2.05) is 19.9 Å². The zero-order valence-electron chi connectivity index (χ0n) is 8.53. The molecular weight excluding hydrogens is 178 g/mol. The molecule has 4 heteroatoms. The number of nitriles is 1. The van der Waals surface area contributed by atoms with Crippen LogP contribution in [0.25, 0.3) is 0 Å². The van der Waals surface area contributed by atoms with Crippen LogP contribution >= 0.6 is 0 Å². The van der Waals surface area contributed by atoms with Crippen LogP contribution in [0.15, 0.2) is 12.3 Å². The number of nitrogens with two attached hydrogens (primary N) is 1. The first kappa shape index (κ1) is 12.1. The number of amides is 1. The Morgan fingerprint density at radius 3 is 2.57 bits per heavy atom. The summed E-state index contributed by atoms with van der Waals surface area (Å²) >= 11 is 0. The van der Waals surface area contributed by atoms with Gasteiger partial charge in [-0.1, -0.05) is 13.8 Å². The smallest absolute Gasteiger partial charge is 0.249 e. The normalized spacial score (nSPS) is 8.14. The van der Waals surface area contributed by atoms with Crippen molar-refractivity contribution in [3.8, 4) is 6.07 Å². The molecule has 2 N–H and O–H groups in total. The Hall–Kier alpha value is -1.89. The third-order valence-electron chi connectivity index (χ3n) is 1.58. The lowest BCUT2D eigenvalue weighted by atomic mass is 10.1. The van der Waals surface area contributed by atoms with Crippen LogP contribution in [0.3, 0.4) is 0 Å². The highest BCUT2D eigenvalue weighted by Gasteiger charge is 2.08. The van der Waals surface area contributed by atoms with Crippen LogP contribution in [0.5, 0.6) is 0 Å². The molecule has 1 heterocycles. The summed E-state index contributed by atoms with van der Waals surface area (Å²) in [5, 5.41) is 8.56. The van der Waals surface area contributed by atoms with Crippen LogP contribution in [-0.4, -0.2) is 10.9 Å². The second kappa shape index (κ2) is 5.70. The van der Waals surface area contributed by atoms with Crippen molar-refractivity contribution in [1.82, 2.24) is 4.98 Å². The Kier molecular flexibility index (Phi) is 4.93. The van der Waals surface area contributed by atoms with Gasteiger partial charge in [-0.2, -0.15) is 5.26 Å². The van der Waals surface area contributed by atoms with Gasteiger partial charge >= 0.3 is 0 Å². The summed E-state index contributed by atoms with van der Waals surface area (Å²) in [5.41, 5.74) is 6.19. The average Bonchev–Trinajstić information content (AvgIpc) is 2.21. The first-order valence-corrected chi connectivity index (χ1v) is 4.32. The Morgan fingerprint density at radius 2 is 2.14 bits per heavy atom. The van der Waals surface area contributed by atoms with Gasteiger partial charge in [0.2, 0.25) is 5.91 Å². The zero-order valence-corrected chi connectivity index (χ0v) is 8.53. The molecule has 1 amide bonds.